The zero-order valence-electron chi connectivity index (χ0n) is 23.3. The second-order valence-corrected chi connectivity index (χ2v) is 11.4. The second kappa shape index (κ2) is 9.83. The molecule has 7 aromatic rings. The summed E-state index contributed by atoms with van der Waals surface area (Å²) in [4.78, 5) is 4.73. The summed E-state index contributed by atoms with van der Waals surface area (Å²) in [5.41, 5.74) is 9.91. The molecular weight excluding hydrogens is 502 g/mol. The Balaban J connectivity index is 1.30. The lowest BCUT2D eigenvalue weighted by molar-refractivity contribution is 0.411. The molecular formula is C37H29N3O. The Morgan fingerprint density at radius 2 is 1.20 bits per heavy atom. The SMILES string of the molecule is CC(C)(C)c1nc2ccc(-c3ccc4ccccc4c3-c3ccc(-c4ccc(-c5ccccc5)nn4)cc3)cc2o1. The van der Waals surface area contributed by atoms with Crippen molar-refractivity contribution in [2.75, 3.05) is 0 Å². The Morgan fingerprint density at radius 1 is 0.561 bits per heavy atom. The molecule has 5 aromatic carbocycles. The molecule has 41 heavy (non-hydrogen) atoms. The number of hydrogen-bond donors (Lipinski definition) is 0. The van der Waals surface area contributed by atoms with Crippen LogP contribution in [-0.4, -0.2) is 15.2 Å². The molecule has 4 nitrogen and oxygen atoms in total. The first kappa shape index (κ1) is 24.9. The van der Waals surface area contributed by atoms with Gasteiger partial charge in [0.25, 0.3) is 0 Å². The van der Waals surface area contributed by atoms with E-state index < -0.39 is 0 Å². The van der Waals surface area contributed by atoms with Crippen molar-refractivity contribution in [3.05, 3.63) is 127 Å². The molecule has 0 radical (unpaired) electrons. The predicted molar refractivity (Wildman–Crippen MR) is 168 cm³/mol. The van der Waals surface area contributed by atoms with Gasteiger partial charge in [0, 0.05) is 16.5 Å². The molecule has 0 spiro atoms. The van der Waals surface area contributed by atoms with E-state index in [2.05, 4.69) is 110 Å². The van der Waals surface area contributed by atoms with Gasteiger partial charge in [-0.05, 0) is 57.3 Å². The Bertz CT molecular complexity index is 2000. The van der Waals surface area contributed by atoms with Crippen LogP contribution in [0.15, 0.2) is 126 Å². The van der Waals surface area contributed by atoms with Crippen LogP contribution in [-0.2, 0) is 5.41 Å². The Labute approximate surface area is 239 Å². The minimum absolute atomic E-state index is 0.152. The molecule has 0 aliphatic carbocycles. The Kier molecular flexibility index (Phi) is 5.97. The minimum atomic E-state index is -0.152. The molecule has 7 rings (SSSR count). The lowest BCUT2D eigenvalue weighted by Gasteiger charge is -2.15. The van der Waals surface area contributed by atoms with E-state index in [-0.39, 0.29) is 5.41 Å². The molecule has 2 aromatic heterocycles. The number of benzene rings is 5. The largest absolute Gasteiger partial charge is 0.440 e. The van der Waals surface area contributed by atoms with Gasteiger partial charge in [-0.15, -0.1) is 10.2 Å². The van der Waals surface area contributed by atoms with E-state index in [1.807, 2.05) is 42.5 Å². The first-order valence-corrected chi connectivity index (χ1v) is 13.9. The van der Waals surface area contributed by atoms with Crippen molar-refractivity contribution in [2.45, 2.75) is 26.2 Å². The van der Waals surface area contributed by atoms with E-state index in [0.717, 1.165) is 56.2 Å². The first-order chi connectivity index (χ1) is 19.9. The maximum atomic E-state index is 6.21. The van der Waals surface area contributed by atoms with Crippen LogP contribution in [0.3, 0.4) is 0 Å². The van der Waals surface area contributed by atoms with Crippen molar-refractivity contribution in [1.29, 1.82) is 0 Å². The zero-order chi connectivity index (χ0) is 28.0. The molecule has 0 atom stereocenters. The van der Waals surface area contributed by atoms with Gasteiger partial charge < -0.3 is 4.42 Å². The monoisotopic (exact) mass is 531 g/mol. The van der Waals surface area contributed by atoms with Gasteiger partial charge >= 0.3 is 0 Å². The summed E-state index contributed by atoms with van der Waals surface area (Å²) in [5.74, 6) is 0.749. The van der Waals surface area contributed by atoms with Gasteiger partial charge in [0.1, 0.15) is 5.52 Å². The van der Waals surface area contributed by atoms with Crippen LogP contribution in [0.2, 0.25) is 0 Å². The molecule has 0 saturated heterocycles. The summed E-state index contributed by atoms with van der Waals surface area (Å²) in [6, 6.07) is 42.1. The molecule has 0 saturated carbocycles. The third-order valence-corrected chi connectivity index (χ3v) is 7.47. The molecule has 0 aliphatic rings. The lowest BCUT2D eigenvalue weighted by Crippen LogP contribution is -2.10. The molecule has 4 heteroatoms. The molecule has 198 valence electrons. The number of fused-ring (bicyclic) bond motifs is 2. The van der Waals surface area contributed by atoms with Crippen LogP contribution < -0.4 is 0 Å². The van der Waals surface area contributed by atoms with E-state index in [4.69, 9.17) is 9.40 Å². The average molecular weight is 532 g/mol. The third-order valence-electron chi connectivity index (χ3n) is 7.47. The van der Waals surface area contributed by atoms with Crippen molar-refractivity contribution in [3.8, 4) is 44.8 Å². The summed E-state index contributed by atoms with van der Waals surface area (Å²) >= 11 is 0. The van der Waals surface area contributed by atoms with Crippen molar-refractivity contribution < 1.29 is 4.42 Å². The molecule has 0 amide bonds. The van der Waals surface area contributed by atoms with Crippen LogP contribution in [0.5, 0.6) is 0 Å². The van der Waals surface area contributed by atoms with Crippen molar-refractivity contribution >= 4 is 21.9 Å². The highest BCUT2D eigenvalue weighted by Crippen LogP contribution is 2.40. The van der Waals surface area contributed by atoms with Crippen molar-refractivity contribution in [3.63, 3.8) is 0 Å². The molecule has 0 aliphatic heterocycles. The van der Waals surface area contributed by atoms with Crippen molar-refractivity contribution in [1.82, 2.24) is 15.2 Å². The maximum absolute atomic E-state index is 6.21. The highest BCUT2D eigenvalue weighted by Gasteiger charge is 2.21. The van der Waals surface area contributed by atoms with Gasteiger partial charge in [-0.2, -0.15) is 0 Å². The number of hydrogen-bond acceptors (Lipinski definition) is 4. The molecule has 0 bridgehead atoms. The Hall–Kier alpha value is -5.09. The quantitative estimate of drug-likeness (QED) is 0.227. The van der Waals surface area contributed by atoms with E-state index in [1.165, 1.54) is 16.3 Å². The predicted octanol–water partition coefficient (Wildman–Crippen LogP) is 9.74. The first-order valence-electron chi connectivity index (χ1n) is 13.9. The van der Waals surface area contributed by atoms with Crippen LogP contribution in [0, 0.1) is 0 Å². The average Bonchev–Trinajstić information content (AvgIpc) is 3.46. The zero-order valence-corrected chi connectivity index (χ0v) is 23.3. The number of oxazole rings is 1. The normalized spacial score (nSPS) is 11.8. The standard InChI is InChI=1S/C37H29N3O/c1-37(2,3)36-38-33-20-18-28(23-34(33)41-36)30-19-17-24-9-7-8-12-29(24)35(30)27-15-13-26(14-16-27)32-22-21-31(39-40-32)25-10-5-4-6-11-25/h4-23H,1-3H3. The second-order valence-electron chi connectivity index (χ2n) is 11.4. The highest BCUT2D eigenvalue weighted by atomic mass is 16.3. The fraction of sp³-hybridized carbons (Fsp3) is 0.108. The number of aromatic nitrogens is 3. The summed E-state index contributed by atoms with van der Waals surface area (Å²) in [5, 5.41) is 11.4. The Morgan fingerprint density at radius 3 is 1.90 bits per heavy atom. The van der Waals surface area contributed by atoms with Gasteiger partial charge in [0.2, 0.25) is 5.89 Å². The van der Waals surface area contributed by atoms with E-state index in [9.17, 15) is 0 Å². The van der Waals surface area contributed by atoms with Crippen LogP contribution >= 0.6 is 0 Å². The maximum Gasteiger partial charge on any atom is 0.200 e. The van der Waals surface area contributed by atoms with Gasteiger partial charge in [-0.25, -0.2) is 4.98 Å². The fourth-order valence-electron chi connectivity index (χ4n) is 5.29. The van der Waals surface area contributed by atoms with E-state index in [0.29, 0.717) is 0 Å². The smallest absolute Gasteiger partial charge is 0.200 e. The fourth-order valence-corrected chi connectivity index (χ4v) is 5.29. The van der Waals surface area contributed by atoms with Gasteiger partial charge in [-0.1, -0.05) is 118 Å². The van der Waals surface area contributed by atoms with Crippen LogP contribution in [0.25, 0.3) is 66.6 Å². The minimum Gasteiger partial charge on any atom is -0.440 e. The summed E-state index contributed by atoms with van der Waals surface area (Å²) in [7, 11) is 0. The van der Waals surface area contributed by atoms with E-state index in [1.54, 1.807) is 0 Å². The summed E-state index contributed by atoms with van der Waals surface area (Å²) < 4.78 is 6.21. The molecule has 0 N–H and O–H groups in total. The number of nitrogens with zero attached hydrogens (tertiary/aromatic N) is 3. The lowest BCUT2D eigenvalue weighted by atomic mass is 9.89. The number of rotatable bonds is 4. The van der Waals surface area contributed by atoms with Crippen molar-refractivity contribution in [2.24, 2.45) is 0 Å². The van der Waals surface area contributed by atoms with Crippen LogP contribution in [0.1, 0.15) is 26.7 Å². The molecule has 2 heterocycles. The summed E-state index contributed by atoms with van der Waals surface area (Å²) in [6.45, 7) is 6.35. The molecule has 0 fully saturated rings. The van der Waals surface area contributed by atoms with Gasteiger partial charge in [0.15, 0.2) is 5.58 Å². The summed E-state index contributed by atoms with van der Waals surface area (Å²) in [6.07, 6.45) is 0. The topological polar surface area (TPSA) is 51.8 Å². The molecule has 0 unspecified atom stereocenters. The van der Waals surface area contributed by atoms with E-state index >= 15 is 0 Å². The van der Waals surface area contributed by atoms with Crippen LogP contribution in [0.4, 0.5) is 0 Å². The third kappa shape index (κ3) is 4.68. The van der Waals surface area contributed by atoms with Gasteiger partial charge in [0.05, 0.1) is 11.4 Å². The highest BCUT2D eigenvalue weighted by molar-refractivity contribution is 6.04. The van der Waals surface area contributed by atoms with Gasteiger partial charge in [-0.3, -0.25) is 0 Å².